The number of carbonyl (C=O) groups is 2. The lowest BCUT2D eigenvalue weighted by atomic mass is 10.0. The summed E-state index contributed by atoms with van der Waals surface area (Å²) in [5.41, 5.74) is 2.11. The molecule has 1 aromatic rings. The topological polar surface area (TPSA) is 49.4 Å². The fourth-order valence-corrected chi connectivity index (χ4v) is 2.49. The van der Waals surface area contributed by atoms with Crippen LogP contribution in [0.25, 0.3) is 0 Å². The minimum absolute atomic E-state index is 0.00560. The van der Waals surface area contributed by atoms with Gasteiger partial charge in [0.25, 0.3) is 0 Å². The van der Waals surface area contributed by atoms with Gasteiger partial charge < -0.3 is 10.2 Å². The van der Waals surface area contributed by atoms with E-state index in [1.165, 1.54) is 5.56 Å². The zero-order valence-electron chi connectivity index (χ0n) is 12.6. The molecule has 1 atom stereocenters. The van der Waals surface area contributed by atoms with Gasteiger partial charge in [0.05, 0.1) is 5.92 Å². The first-order valence-electron chi connectivity index (χ1n) is 7.32. The van der Waals surface area contributed by atoms with Crippen molar-refractivity contribution in [3.63, 3.8) is 0 Å². The van der Waals surface area contributed by atoms with Crippen molar-refractivity contribution < 1.29 is 9.59 Å². The molecular formula is C17H22N2O2. The Balaban J connectivity index is 2.05. The molecule has 4 heteroatoms. The zero-order valence-corrected chi connectivity index (χ0v) is 12.6. The Labute approximate surface area is 125 Å². The van der Waals surface area contributed by atoms with Gasteiger partial charge in [0.2, 0.25) is 11.8 Å². The Kier molecular flexibility index (Phi) is 4.78. The second-order valence-corrected chi connectivity index (χ2v) is 5.69. The Morgan fingerprint density at radius 3 is 2.67 bits per heavy atom. The Morgan fingerprint density at radius 1 is 1.43 bits per heavy atom. The lowest BCUT2D eigenvalue weighted by molar-refractivity contribution is -0.126. The molecular weight excluding hydrogens is 264 g/mol. The summed E-state index contributed by atoms with van der Waals surface area (Å²) in [4.78, 5) is 25.7. The molecule has 1 aliphatic rings. The van der Waals surface area contributed by atoms with Gasteiger partial charge in [-0.25, -0.2) is 0 Å². The zero-order chi connectivity index (χ0) is 15.4. The Bertz CT molecular complexity index is 534. The van der Waals surface area contributed by atoms with Gasteiger partial charge in [0, 0.05) is 25.2 Å². The van der Waals surface area contributed by atoms with Gasteiger partial charge in [0.15, 0.2) is 0 Å². The highest BCUT2D eigenvalue weighted by atomic mass is 16.2. The average Bonchev–Trinajstić information content (AvgIpc) is 2.87. The normalized spacial score (nSPS) is 18.1. The third-order valence-corrected chi connectivity index (χ3v) is 3.79. The predicted molar refractivity (Wildman–Crippen MR) is 84.2 cm³/mol. The van der Waals surface area contributed by atoms with Crippen molar-refractivity contribution in [1.29, 1.82) is 0 Å². The summed E-state index contributed by atoms with van der Waals surface area (Å²) >= 11 is 0. The summed E-state index contributed by atoms with van der Waals surface area (Å²) < 4.78 is 0. The molecule has 0 saturated carbocycles. The summed E-state index contributed by atoms with van der Waals surface area (Å²) in [6.45, 7) is 8.72. The lowest BCUT2D eigenvalue weighted by Gasteiger charge is -2.17. The molecule has 4 nitrogen and oxygen atoms in total. The maximum absolute atomic E-state index is 12.1. The first kappa shape index (κ1) is 15.3. The molecule has 1 N–H and O–H groups in total. The summed E-state index contributed by atoms with van der Waals surface area (Å²) in [5, 5.41) is 2.76. The molecule has 1 heterocycles. The van der Waals surface area contributed by atoms with Crippen LogP contribution in [-0.2, 0) is 9.59 Å². The van der Waals surface area contributed by atoms with Crippen molar-refractivity contribution in [1.82, 2.24) is 5.32 Å². The minimum atomic E-state index is -0.276. The molecule has 2 amide bonds. The third kappa shape index (κ3) is 3.51. The summed E-state index contributed by atoms with van der Waals surface area (Å²) in [6.07, 6.45) is 1.91. The predicted octanol–water partition coefficient (Wildman–Crippen LogP) is 2.47. The Hall–Kier alpha value is -2.10. The van der Waals surface area contributed by atoms with Gasteiger partial charge in [-0.2, -0.15) is 0 Å². The smallest absolute Gasteiger partial charge is 0.227 e. The highest BCUT2D eigenvalue weighted by Crippen LogP contribution is 2.26. The number of nitrogens with zero attached hydrogens (tertiary/aromatic N) is 1. The van der Waals surface area contributed by atoms with Crippen LogP contribution in [0.3, 0.4) is 0 Å². The second kappa shape index (κ2) is 6.57. The van der Waals surface area contributed by atoms with Crippen LogP contribution in [0.5, 0.6) is 0 Å². The number of anilines is 1. The summed E-state index contributed by atoms with van der Waals surface area (Å²) in [6, 6.07) is 7.99. The van der Waals surface area contributed by atoms with Crippen LogP contribution in [-0.4, -0.2) is 24.9 Å². The number of carbonyl (C=O) groups excluding carboxylic acids is 2. The van der Waals surface area contributed by atoms with Crippen molar-refractivity contribution in [3.8, 4) is 0 Å². The van der Waals surface area contributed by atoms with Gasteiger partial charge in [0.1, 0.15) is 0 Å². The van der Waals surface area contributed by atoms with E-state index >= 15 is 0 Å². The van der Waals surface area contributed by atoms with E-state index in [9.17, 15) is 9.59 Å². The van der Waals surface area contributed by atoms with Gasteiger partial charge in [-0.05, 0) is 23.6 Å². The molecule has 0 bridgehead atoms. The van der Waals surface area contributed by atoms with Crippen molar-refractivity contribution >= 4 is 17.5 Å². The largest absolute Gasteiger partial charge is 0.352 e. The van der Waals surface area contributed by atoms with E-state index in [0.29, 0.717) is 19.0 Å². The van der Waals surface area contributed by atoms with Crippen molar-refractivity contribution in [2.75, 3.05) is 18.0 Å². The van der Waals surface area contributed by atoms with Crippen LogP contribution in [0.15, 0.2) is 36.9 Å². The maximum atomic E-state index is 12.1. The van der Waals surface area contributed by atoms with E-state index < -0.39 is 0 Å². The van der Waals surface area contributed by atoms with Crippen molar-refractivity contribution in [3.05, 3.63) is 42.5 Å². The van der Waals surface area contributed by atoms with Crippen LogP contribution in [0.4, 0.5) is 5.69 Å². The van der Waals surface area contributed by atoms with Gasteiger partial charge >= 0.3 is 0 Å². The lowest BCUT2D eigenvalue weighted by Crippen LogP contribution is -2.33. The molecule has 1 aromatic carbocycles. The van der Waals surface area contributed by atoms with Crippen LogP contribution >= 0.6 is 0 Å². The first-order valence-corrected chi connectivity index (χ1v) is 7.32. The molecule has 1 aliphatic heterocycles. The molecule has 0 aromatic heterocycles. The van der Waals surface area contributed by atoms with Crippen LogP contribution in [0, 0.1) is 5.92 Å². The summed E-state index contributed by atoms with van der Waals surface area (Å²) in [5.74, 6) is 0.114. The van der Waals surface area contributed by atoms with Crippen molar-refractivity contribution in [2.24, 2.45) is 5.92 Å². The fourth-order valence-electron chi connectivity index (χ4n) is 2.49. The van der Waals surface area contributed by atoms with Crippen LogP contribution < -0.4 is 10.2 Å². The van der Waals surface area contributed by atoms with Crippen LogP contribution in [0.2, 0.25) is 0 Å². The molecule has 112 valence electrons. The summed E-state index contributed by atoms with van der Waals surface area (Å²) in [7, 11) is 0. The van der Waals surface area contributed by atoms with Crippen LogP contribution in [0.1, 0.15) is 31.7 Å². The van der Waals surface area contributed by atoms with Gasteiger partial charge in [-0.3, -0.25) is 9.59 Å². The van der Waals surface area contributed by atoms with Gasteiger partial charge in [-0.15, -0.1) is 6.58 Å². The Morgan fingerprint density at radius 2 is 2.10 bits per heavy atom. The highest BCUT2D eigenvalue weighted by Gasteiger charge is 2.34. The molecule has 2 rings (SSSR count). The number of rotatable bonds is 5. The highest BCUT2D eigenvalue weighted by molar-refractivity contribution is 6.00. The number of amides is 2. The molecule has 1 fully saturated rings. The molecule has 0 radical (unpaired) electrons. The number of hydrogen-bond donors (Lipinski definition) is 1. The molecule has 0 unspecified atom stereocenters. The van der Waals surface area contributed by atoms with E-state index in [-0.39, 0.29) is 24.2 Å². The standard InChI is InChI=1S/C17H22N2O2/c1-4-9-18-17(21)14-10-16(20)19(11-14)15-7-5-13(6-8-15)12(2)3/h4-8,12,14H,1,9-11H2,2-3H3,(H,18,21)/t14-/m0/s1. The first-order chi connectivity index (χ1) is 10.0. The molecule has 21 heavy (non-hydrogen) atoms. The minimum Gasteiger partial charge on any atom is -0.352 e. The number of benzene rings is 1. The van der Waals surface area contributed by atoms with E-state index in [1.54, 1.807) is 11.0 Å². The SMILES string of the molecule is C=CCNC(=O)[C@H]1CC(=O)N(c2ccc(C(C)C)cc2)C1. The van der Waals surface area contributed by atoms with E-state index in [0.717, 1.165) is 5.69 Å². The second-order valence-electron chi connectivity index (χ2n) is 5.69. The quantitative estimate of drug-likeness (QED) is 0.845. The maximum Gasteiger partial charge on any atom is 0.227 e. The van der Waals surface area contributed by atoms with E-state index in [2.05, 4.69) is 25.7 Å². The molecule has 0 aliphatic carbocycles. The monoisotopic (exact) mass is 286 g/mol. The average molecular weight is 286 g/mol. The van der Waals surface area contributed by atoms with Gasteiger partial charge in [-0.1, -0.05) is 32.1 Å². The van der Waals surface area contributed by atoms with E-state index in [1.807, 2.05) is 24.3 Å². The van der Waals surface area contributed by atoms with Crippen molar-refractivity contribution in [2.45, 2.75) is 26.2 Å². The van der Waals surface area contributed by atoms with E-state index in [4.69, 9.17) is 0 Å². The number of nitrogens with one attached hydrogen (secondary N) is 1. The third-order valence-electron chi connectivity index (χ3n) is 3.79. The number of hydrogen-bond acceptors (Lipinski definition) is 2. The molecule has 0 spiro atoms. The molecule has 1 saturated heterocycles. The fraction of sp³-hybridized carbons (Fsp3) is 0.412.